The minimum Gasteiger partial charge on any atom is -0.326 e. The van der Waals surface area contributed by atoms with Crippen molar-refractivity contribution >= 4 is 27.0 Å². The quantitative estimate of drug-likeness (QED) is 0.944. The average Bonchev–Trinajstić information content (AvgIpc) is 2.80. The fourth-order valence-electron chi connectivity index (χ4n) is 2.16. The Kier molecular flexibility index (Phi) is 4.17. The molecule has 20 heavy (non-hydrogen) atoms. The number of para-hydroxylation sites is 1. The number of thiophene rings is 1. The summed E-state index contributed by atoms with van der Waals surface area (Å²) in [4.78, 5) is 1.04. The van der Waals surface area contributed by atoms with Crippen LogP contribution in [-0.2, 0) is 16.6 Å². The van der Waals surface area contributed by atoms with Crippen molar-refractivity contribution in [2.24, 2.45) is 5.73 Å². The lowest BCUT2D eigenvalue weighted by Crippen LogP contribution is -2.28. The average molecular weight is 310 g/mol. The fraction of sp³-hybridized carbons (Fsp3) is 0.286. The highest BCUT2D eigenvalue weighted by atomic mass is 32.2. The van der Waals surface area contributed by atoms with Gasteiger partial charge in [0, 0.05) is 18.5 Å². The number of nitrogens with two attached hydrogens (primary N) is 1. The second-order valence-corrected chi connectivity index (χ2v) is 7.50. The van der Waals surface area contributed by atoms with Gasteiger partial charge in [-0.25, -0.2) is 8.42 Å². The molecule has 0 saturated carbocycles. The first-order chi connectivity index (χ1) is 9.39. The Hall–Kier alpha value is -1.37. The van der Waals surface area contributed by atoms with Crippen molar-refractivity contribution in [2.45, 2.75) is 25.3 Å². The van der Waals surface area contributed by atoms with Crippen molar-refractivity contribution in [1.29, 1.82) is 0 Å². The number of anilines is 1. The summed E-state index contributed by atoms with van der Waals surface area (Å²) in [5, 5.41) is 1.83. The molecule has 0 aliphatic heterocycles. The van der Waals surface area contributed by atoms with E-state index in [0.29, 0.717) is 15.5 Å². The van der Waals surface area contributed by atoms with E-state index < -0.39 is 10.0 Å². The molecule has 0 spiro atoms. The summed E-state index contributed by atoms with van der Waals surface area (Å²) in [6.07, 6.45) is 0. The Morgan fingerprint density at radius 1 is 1.20 bits per heavy atom. The number of hydrogen-bond donors (Lipinski definition) is 1. The molecule has 1 aromatic heterocycles. The summed E-state index contributed by atoms with van der Waals surface area (Å²) in [5.41, 5.74) is 8.00. The van der Waals surface area contributed by atoms with Gasteiger partial charge in [0.1, 0.15) is 4.90 Å². The zero-order valence-electron chi connectivity index (χ0n) is 11.8. The van der Waals surface area contributed by atoms with Crippen molar-refractivity contribution in [3.05, 3.63) is 45.6 Å². The number of benzene rings is 1. The molecular weight excluding hydrogens is 292 g/mol. The number of rotatable bonds is 4. The van der Waals surface area contributed by atoms with E-state index in [4.69, 9.17) is 5.73 Å². The highest BCUT2D eigenvalue weighted by Gasteiger charge is 2.27. The van der Waals surface area contributed by atoms with Crippen LogP contribution < -0.4 is 10.0 Å². The van der Waals surface area contributed by atoms with Gasteiger partial charge in [-0.2, -0.15) is 0 Å². The van der Waals surface area contributed by atoms with Gasteiger partial charge in [0.2, 0.25) is 0 Å². The highest BCUT2D eigenvalue weighted by molar-refractivity contribution is 7.93. The van der Waals surface area contributed by atoms with Crippen molar-refractivity contribution in [3.8, 4) is 0 Å². The molecule has 0 unspecified atom stereocenters. The predicted molar refractivity (Wildman–Crippen MR) is 83.7 cm³/mol. The van der Waals surface area contributed by atoms with E-state index in [1.165, 1.54) is 15.6 Å². The third kappa shape index (κ3) is 2.46. The molecule has 2 aromatic rings. The number of nitrogens with zero attached hydrogens (tertiary/aromatic N) is 1. The minimum atomic E-state index is -3.58. The van der Waals surface area contributed by atoms with E-state index in [2.05, 4.69) is 0 Å². The summed E-state index contributed by atoms with van der Waals surface area (Å²) in [5.74, 6) is 0. The van der Waals surface area contributed by atoms with Crippen LogP contribution in [0.15, 0.2) is 34.5 Å². The van der Waals surface area contributed by atoms with Gasteiger partial charge in [-0.1, -0.05) is 18.2 Å². The molecule has 1 aromatic carbocycles. The maximum atomic E-state index is 12.8. The zero-order valence-corrected chi connectivity index (χ0v) is 13.4. The van der Waals surface area contributed by atoms with Crippen molar-refractivity contribution in [2.75, 3.05) is 11.4 Å². The van der Waals surface area contributed by atoms with Gasteiger partial charge < -0.3 is 5.73 Å². The van der Waals surface area contributed by atoms with Gasteiger partial charge in [-0.05, 0) is 36.4 Å². The van der Waals surface area contributed by atoms with E-state index in [9.17, 15) is 8.42 Å². The summed E-state index contributed by atoms with van der Waals surface area (Å²) < 4.78 is 27.0. The first-order valence-corrected chi connectivity index (χ1v) is 8.53. The number of sulfonamides is 1. The fourth-order valence-corrected chi connectivity index (χ4v) is 5.07. The second kappa shape index (κ2) is 5.55. The van der Waals surface area contributed by atoms with E-state index in [1.54, 1.807) is 20.0 Å². The summed E-state index contributed by atoms with van der Waals surface area (Å²) in [6, 6.07) is 7.42. The molecule has 0 radical (unpaired) electrons. The molecule has 0 fully saturated rings. The maximum absolute atomic E-state index is 12.8. The van der Waals surface area contributed by atoms with Crippen LogP contribution in [-0.4, -0.2) is 15.5 Å². The topological polar surface area (TPSA) is 63.4 Å². The lowest BCUT2D eigenvalue weighted by molar-refractivity contribution is 0.593. The summed E-state index contributed by atoms with van der Waals surface area (Å²) in [6.45, 7) is 3.93. The van der Waals surface area contributed by atoms with E-state index in [0.717, 1.165) is 11.1 Å². The van der Waals surface area contributed by atoms with Gasteiger partial charge >= 0.3 is 0 Å². The zero-order chi connectivity index (χ0) is 14.9. The van der Waals surface area contributed by atoms with Crippen LogP contribution in [0.2, 0.25) is 0 Å². The molecule has 0 atom stereocenters. The Morgan fingerprint density at radius 2 is 1.85 bits per heavy atom. The minimum absolute atomic E-state index is 0.231. The molecule has 0 amide bonds. The monoisotopic (exact) mass is 310 g/mol. The predicted octanol–water partition coefficient (Wildman–Crippen LogP) is 2.65. The molecule has 6 heteroatoms. The van der Waals surface area contributed by atoms with Crippen LogP contribution in [0.25, 0.3) is 0 Å². The number of hydrogen-bond acceptors (Lipinski definition) is 4. The lowest BCUT2D eigenvalue weighted by atomic mass is 10.2. The third-order valence-corrected chi connectivity index (χ3v) is 6.51. The van der Waals surface area contributed by atoms with Crippen LogP contribution in [0.1, 0.15) is 16.0 Å². The molecule has 0 aliphatic rings. The molecule has 0 saturated heterocycles. The first-order valence-electron chi connectivity index (χ1n) is 6.21. The molecule has 1 heterocycles. The molecule has 108 valence electrons. The molecule has 4 nitrogen and oxygen atoms in total. The van der Waals surface area contributed by atoms with Crippen LogP contribution in [0.4, 0.5) is 5.69 Å². The van der Waals surface area contributed by atoms with Gasteiger partial charge in [-0.15, -0.1) is 11.3 Å². The van der Waals surface area contributed by atoms with E-state index in [1.807, 2.05) is 30.5 Å². The van der Waals surface area contributed by atoms with Gasteiger partial charge in [0.25, 0.3) is 10.0 Å². The van der Waals surface area contributed by atoms with Gasteiger partial charge in [0.15, 0.2) is 0 Å². The Labute approximate surface area is 123 Å². The van der Waals surface area contributed by atoms with Gasteiger partial charge in [-0.3, -0.25) is 4.31 Å². The van der Waals surface area contributed by atoms with E-state index in [-0.39, 0.29) is 6.54 Å². The normalized spacial score (nSPS) is 11.6. The van der Waals surface area contributed by atoms with Crippen molar-refractivity contribution in [3.63, 3.8) is 0 Å². The number of aryl methyl sites for hydroxylation is 2. The first kappa shape index (κ1) is 15.0. The third-order valence-electron chi connectivity index (χ3n) is 3.25. The van der Waals surface area contributed by atoms with Crippen LogP contribution in [0.3, 0.4) is 0 Å². The summed E-state index contributed by atoms with van der Waals surface area (Å²) in [7, 11) is -2.00. The Balaban J connectivity index is 2.56. The Morgan fingerprint density at radius 3 is 2.45 bits per heavy atom. The second-order valence-electron chi connectivity index (χ2n) is 4.63. The Bertz CT molecular complexity index is 721. The maximum Gasteiger partial charge on any atom is 0.265 e. The molecular formula is C14H18N2O2S2. The molecule has 2 N–H and O–H groups in total. The molecule has 2 rings (SSSR count). The smallest absolute Gasteiger partial charge is 0.265 e. The van der Waals surface area contributed by atoms with Crippen LogP contribution in [0, 0.1) is 13.8 Å². The largest absolute Gasteiger partial charge is 0.326 e. The highest BCUT2D eigenvalue weighted by Crippen LogP contribution is 2.32. The van der Waals surface area contributed by atoms with Crippen LogP contribution in [0.5, 0.6) is 0 Å². The van der Waals surface area contributed by atoms with E-state index >= 15 is 0 Å². The molecule has 0 bridgehead atoms. The molecule has 0 aliphatic carbocycles. The standard InChI is InChI=1S/C14H18N2O2S2/c1-10-6-4-5-7-12(10)16(3)20(17,18)14-11(2)9-19-13(14)8-15/h4-7,9H,8,15H2,1-3H3. The SMILES string of the molecule is Cc1ccccc1N(C)S(=O)(=O)c1c(C)csc1CN. The van der Waals surface area contributed by atoms with Crippen molar-refractivity contribution in [1.82, 2.24) is 0 Å². The summed E-state index contributed by atoms with van der Waals surface area (Å²) >= 11 is 1.39. The van der Waals surface area contributed by atoms with Crippen molar-refractivity contribution < 1.29 is 8.42 Å². The van der Waals surface area contributed by atoms with Crippen LogP contribution >= 0.6 is 11.3 Å². The lowest BCUT2D eigenvalue weighted by Gasteiger charge is -2.22. The van der Waals surface area contributed by atoms with Gasteiger partial charge in [0.05, 0.1) is 5.69 Å².